The van der Waals surface area contributed by atoms with Gasteiger partial charge in [0.2, 0.25) is 17.7 Å². The Bertz CT molecular complexity index is 1220. The number of hydrogen-bond donors (Lipinski definition) is 0. The number of esters is 1. The van der Waals surface area contributed by atoms with Crippen LogP contribution in [-0.4, -0.2) is 30.2 Å². The molecule has 2 aromatic carbocycles. The smallest absolute Gasteiger partial charge is 0.316 e. The fourth-order valence-electron chi connectivity index (χ4n) is 5.66. The third-order valence-electron chi connectivity index (χ3n) is 7.81. The maximum Gasteiger partial charge on any atom is 0.316 e. The first-order valence-electron chi connectivity index (χ1n) is 12.3. The number of nitrogens with zero attached hydrogens (tertiary/aromatic N) is 2. The highest BCUT2D eigenvalue weighted by atomic mass is 16.5. The molecule has 3 amide bonds. The van der Waals surface area contributed by atoms with Crippen molar-refractivity contribution in [2.24, 2.45) is 23.7 Å². The highest BCUT2D eigenvalue weighted by Crippen LogP contribution is 2.42. The monoisotopic (exact) mass is 474 g/mol. The maximum atomic E-state index is 13.1. The van der Waals surface area contributed by atoms with Crippen molar-refractivity contribution in [3.63, 3.8) is 0 Å². The SMILES string of the molecule is Cc1cccc(N2C[C@H](C(=O)Oc3cccc(N4C(=O)[C@H]5C[C@H](C)CC[C@H]5C4=O)c3)CC2=O)c1C. The molecular weight excluding hydrogens is 444 g/mol. The van der Waals surface area contributed by atoms with E-state index in [1.165, 1.54) is 4.90 Å². The Kier molecular flexibility index (Phi) is 5.95. The van der Waals surface area contributed by atoms with Crippen molar-refractivity contribution in [2.45, 2.75) is 46.5 Å². The molecule has 182 valence electrons. The highest BCUT2D eigenvalue weighted by molar-refractivity contribution is 6.22. The molecule has 1 saturated carbocycles. The third-order valence-corrected chi connectivity index (χ3v) is 7.81. The first-order chi connectivity index (χ1) is 16.7. The summed E-state index contributed by atoms with van der Waals surface area (Å²) in [5.41, 5.74) is 3.33. The molecule has 7 nitrogen and oxygen atoms in total. The van der Waals surface area contributed by atoms with Crippen LogP contribution in [0.4, 0.5) is 11.4 Å². The minimum Gasteiger partial charge on any atom is -0.426 e. The molecule has 0 radical (unpaired) electrons. The molecule has 35 heavy (non-hydrogen) atoms. The number of anilines is 2. The average molecular weight is 475 g/mol. The van der Waals surface area contributed by atoms with Crippen LogP contribution in [0.5, 0.6) is 5.75 Å². The van der Waals surface area contributed by atoms with Gasteiger partial charge in [-0.05, 0) is 68.4 Å². The third kappa shape index (κ3) is 4.13. The zero-order valence-electron chi connectivity index (χ0n) is 20.3. The van der Waals surface area contributed by atoms with Crippen molar-refractivity contribution in [1.82, 2.24) is 0 Å². The molecule has 4 atom stereocenters. The number of aryl methyl sites for hydroxylation is 1. The zero-order chi connectivity index (χ0) is 24.9. The molecular formula is C28H30N2O5. The van der Waals surface area contributed by atoms with Crippen molar-refractivity contribution >= 4 is 35.1 Å². The summed E-state index contributed by atoms with van der Waals surface area (Å²) in [6.07, 6.45) is 2.49. The Morgan fingerprint density at radius 2 is 1.71 bits per heavy atom. The number of carbonyl (C=O) groups excluding carboxylic acids is 4. The molecule has 0 unspecified atom stereocenters. The minimum atomic E-state index is -0.592. The number of rotatable bonds is 4. The topological polar surface area (TPSA) is 84.0 Å². The summed E-state index contributed by atoms with van der Waals surface area (Å²) in [6, 6.07) is 12.3. The summed E-state index contributed by atoms with van der Waals surface area (Å²) in [7, 11) is 0. The van der Waals surface area contributed by atoms with Gasteiger partial charge in [-0.25, -0.2) is 4.90 Å². The number of ether oxygens (including phenoxy) is 1. The second-order valence-electron chi connectivity index (χ2n) is 10.2. The van der Waals surface area contributed by atoms with Crippen LogP contribution in [0.25, 0.3) is 0 Å². The van der Waals surface area contributed by atoms with Gasteiger partial charge in [0.05, 0.1) is 23.4 Å². The summed E-state index contributed by atoms with van der Waals surface area (Å²) in [6.45, 7) is 6.33. The molecule has 3 aliphatic rings. The second-order valence-corrected chi connectivity index (χ2v) is 10.2. The van der Waals surface area contributed by atoms with E-state index in [9.17, 15) is 19.2 Å². The second kappa shape index (κ2) is 8.95. The van der Waals surface area contributed by atoms with Crippen molar-refractivity contribution < 1.29 is 23.9 Å². The standard InChI is InChI=1S/C28H30N2O5/c1-16-10-11-22-23(12-16)27(33)30(26(22)32)20-7-5-8-21(14-20)35-28(34)19-13-25(31)29(15-19)24-9-4-6-17(2)18(24)3/h4-9,14,16,19,22-23H,10-13,15H2,1-3H3/t16-,19-,22-,23+/m1/s1. The molecule has 1 aliphatic carbocycles. The fourth-order valence-corrected chi connectivity index (χ4v) is 5.66. The Morgan fingerprint density at radius 1 is 0.971 bits per heavy atom. The molecule has 2 saturated heterocycles. The predicted molar refractivity (Wildman–Crippen MR) is 131 cm³/mol. The molecule has 5 rings (SSSR count). The molecule has 0 spiro atoms. The van der Waals surface area contributed by atoms with Gasteiger partial charge >= 0.3 is 5.97 Å². The van der Waals surface area contributed by atoms with Gasteiger partial charge in [0.25, 0.3) is 0 Å². The maximum absolute atomic E-state index is 13.1. The highest BCUT2D eigenvalue weighted by Gasteiger charge is 2.50. The largest absolute Gasteiger partial charge is 0.426 e. The average Bonchev–Trinajstić information content (AvgIpc) is 3.33. The van der Waals surface area contributed by atoms with Gasteiger partial charge in [-0.1, -0.05) is 25.1 Å². The minimum absolute atomic E-state index is 0.0799. The molecule has 2 aliphatic heterocycles. The van der Waals surface area contributed by atoms with Gasteiger partial charge in [0.1, 0.15) is 5.75 Å². The van der Waals surface area contributed by atoms with E-state index in [1.54, 1.807) is 29.2 Å². The lowest BCUT2D eigenvalue weighted by atomic mass is 9.76. The van der Waals surface area contributed by atoms with E-state index in [4.69, 9.17) is 4.74 Å². The van der Waals surface area contributed by atoms with Crippen LogP contribution in [0.3, 0.4) is 0 Å². The van der Waals surface area contributed by atoms with E-state index >= 15 is 0 Å². The normalized spacial score (nSPS) is 26.3. The Balaban J connectivity index is 1.30. The molecule has 2 heterocycles. The summed E-state index contributed by atoms with van der Waals surface area (Å²) < 4.78 is 5.62. The van der Waals surface area contributed by atoms with Gasteiger partial charge in [0.15, 0.2) is 0 Å². The first-order valence-corrected chi connectivity index (χ1v) is 12.3. The van der Waals surface area contributed by atoms with Crippen molar-refractivity contribution in [1.29, 1.82) is 0 Å². The van der Waals surface area contributed by atoms with E-state index in [1.807, 2.05) is 32.0 Å². The van der Waals surface area contributed by atoms with Gasteiger partial charge < -0.3 is 9.64 Å². The molecule has 0 N–H and O–H groups in total. The van der Waals surface area contributed by atoms with Crippen molar-refractivity contribution in [2.75, 3.05) is 16.3 Å². The lowest BCUT2D eigenvalue weighted by Gasteiger charge is -2.25. The van der Waals surface area contributed by atoms with Crippen molar-refractivity contribution in [3.05, 3.63) is 53.6 Å². The van der Waals surface area contributed by atoms with Gasteiger partial charge in [-0.15, -0.1) is 0 Å². The zero-order valence-corrected chi connectivity index (χ0v) is 20.3. The lowest BCUT2D eigenvalue weighted by molar-refractivity contribution is -0.139. The number of imide groups is 1. The van der Waals surface area contributed by atoms with E-state index < -0.39 is 11.9 Å². The summed E-state index contributed by atoms with van der Waals surface area (Å²) in [5.74, 6) is -1.37. The lowest BCUT2D eigenvalue weighted by Crippen LogP contribution is -2.31. The summed E-state index contributed by atoms with van der Waals surface area (Å²) in [4.78, 5) is 54.6. The van der Waals surface area contributed by atoms with Crippen LogP contribution in [0.15, 0.2) is 42.5 Å². The molecule has 3 fully saturated rings. The Hall–Kier alpha value is -3.48. The van der Waals surface area contributed by atoms with E-state index in [0.717, 1.165) is 36.1 Å². The van der Waals surface area contributed by atoms with Crippen LogP contribution >= 0.6 is 0 Å². The van der Waals surface area contributed by atoms with Gasteiger partial charge in [-0.2, -0.15) is 0 Å². The van der Waals surface area contributed by atoms with Crippen LogP contribution in [-0.2, 0) is 19.2 Å². The Morgan fingerprint density at radius 3 is 2.51 bits per heavy atom. The van der Waals surface area contributed by atoms with E-state index in [-0.39, 0.29) is 48.3 Å². The predicted octanol–water partition coefficient (Wildman–Crippen LogP) is 4.19. The molecule has 7 heteroatoms. The quantitative estimate of drug-likeness (QED) is 0.377. The molecule has 0 aromatic heterocycles. The fraction of sp³-hybridized carbons (Fsp3) is 0.429. The first kappa shape index (κ1) is 23.3. The van der Waals surface area contributed by atoms with E-state index in [2.05, 4.69) is 6.92 Å². The Labute approximate surface area is 205 Å². The number of benzene rings is 2. The number of fused-ring (bicyclic) bond motifs is 1. The molecule has 0 bridgehead atoms. The van der Waals surface area contributed by atoms with Crippen LogP contribution in [0.2, 0.25) is 0 Å². The number of carbonyl (C=O) groups is 4. The van der Waals surface area contributed by atoms with Crippen LogP contribution in [0, 0.1) is 37.5 Å². The number of amides is 3. The summed E-state index contributed by atoms with van der Waals surface area (Å²) in [5, 5.41) is 0. The van der Waals surface area contributed by atoms with Crippen molar-refractivity contribution in [3.8, 4) is 5.75 Å². The van der Waals surface area contributed by atoms with Gasteiger partial charge in [0, 0.05) is 24.7 Å². The number of hydrogen-bond acceptors (Lipinski definition) is 5. The summed E-state index contributed by atoms with van der Waals surface area (Å²) >= 11 is 0. The molecule has 2 aromatic rings. The van der Waals surface area contributed by atoms with Crippen LogP contribution in [0.1, 0.15) is 43.7 Å². The van der Waals surface area contributed by atoms with Gasteiger partial charge in [-0.3, -0.25) is 19.2 Å². The van der Waals surface area contributed by atoms with Crippen LogP contribution < -0.4 is 14.5 Å². The van der Waals surface area contributed by atoms with E-state index in [0.29, 0.717) is 11.6 Å².